The summed E-state index contributed by atoms with van der Waals surface area (Å²) in [7, 11) is 0. The Morgan fingerprint density at radius 1 is 1.54 bits per heavy atom. The van der Waals surface area contributed by atoms with Gasteiger partial charge in [-0.05, 0) is 38.0 Å². The van der Waals surface area contributed by atoms with Crippen molar-refractivity contribution in [2.45, 2.75) is 20.3 Å². The molecule has 0 aliphatic heterocycles. The van der Waals surface area contributed by atoms with Gasteiger partial charge in [-0.25, -0.2) is 4.98 Å². The number of hydrogen-bond acceptors (Lipinski definition) is 2. The van der Waals surface area contributed by atoms with E-state index in [1.807, 2.05) is 19.2 Å². The third-order valence-corrected chi connectivity index (χ3v) is 1.77. The maximum absolute atomic E-state index is 4.20. The van der Waals surface area contributed by atoms with Crippen LogP contribution in [0.4, 0.5) is 5.82 Å². The lowest BCUT2D eigenvalue weighted by molar-refractivity contribution is 1.04. The summed E-state index contributed by atoms with van der Waals surface area (Å²) in [6.45, 7) is 5.05. The lowest BCUT2D eigenvalue weighted by Crippen LogP contribution is -2.01. The van der Waals surface area contributed by atoms with Crippen LogP contribution in [0.3, 0.4) is 0 Å². The molecule has 1 heterocycles. The van der Waals surface area contributed by atoms with Crippen LogP contribution < -0.4 is 5.32 Å². The molecule has 2 heteroatoms. The first-order chi connectivity index (χ1) is 6.33. The molecule has 1 N–H and O–H groups in total. The van der Waals surface area contributed by atoms with E-state index in [-0.39, 0.29) is 0 Å². The summed E-state index contributed by atoms with van der Waals surface area (Å²) < 4.78 is 0. The molecular weight excluding hydrogens is 160 g/mol. The first-order valence-electron chi connectivity index (χ1n) is 4.60. The average molecular weight is 176 g/mol. The number of allylic oxidation sites excluding steroid dienone is 1. The SMILES string of the molecule is CC=CCCNc1cc(C)ccn1. The fraction of sp³-hybridized carbons (Fsp3) is 0.364. The minimum absolute atomic E-state index is 0.945. The van der Waals surface area contributed by atoms with Gasteiger partial charge in [-0.3, -0.25) is 0 Å². The first kappa shape index (κ1) is 9.78. The van der Waals surface area contributed by atoms with Crippen LogP contribution in [-0.4, -0.2) is 11.5 Å². The Morgan fingerprint density at radius 3 is 3.08 bits per heavy atom. The van der Waals surface area contributed by atoms with E-state index in [0.29, 0.717) is 0 Å². The summed E-state index contributed by atoms with van der Waals surface area (Å²) >= 11 is 0. The minimum Gasteiger partial charge on any atom is -0.370 e. The fourth-order valence-electron chi connectivity index (χ4n) is 1.08. The van der Waals surface area contributed by atoms with Gasteiger partial charge in [-0.1, -0.05) is 12.2 Å². The molecule has 1 aromatic rings. The van der Waals surface area contributed by atoms with E-state index in [2.05, 4.69) is 35.4 Å². The second kappa shape index (κ2) is 5.36. The van der Waals surface area contributed by atoms with Gasteiger partial charge in [0.05, 0.1) is 0 Å². The maximum atomic E-state index is 4.20. The highest BCUT2D eigenvalue weighted by molar-refractivity contribution is 5.36. The normalized spacial score (nSPS) is 10.6. The van der Waals surface area contributed by atoms with Gasteiger partial charge in [0.1, 0.15) is 5.82 Å². The molecule has 0 radical (unpaired) electrons. The highest BCUT2D eigenvalue weighted by Gasteiger charge is 1.90. The van der Waals surface area contributed by atoms with Gasteiger partial charge >= 0.3 is 0 Å². The van der Waals surface area contributed by atoms with Gasteiger partial charge in [0.25, 0.3) is 0 Å². The highest BCUT2D eigenvalue weighted by Crippen LogP contribution is 2.04. The number of nitrogens with zero attached hydrogens (tertiary/aromatic N) is 1. The van der Waals surface area contributed by atoms with Crippen molar-refractivity contribution in [2.24, 2.45) is 0 Å². The van der Waals surface area contributed by atoms with Gasteiger partial charge in [0.2, 0.25) is 0 Å². The number of pyridine rings is 1. The summed E-state index contributed by atoms with van der Waals surface area (Å²) in [5, 5.41) is 3.26. The van der Waals surface area contributed by atoms with E-state index < -0.39 is 0 Å². The Kier molecular flexibility index (Phi) is 4.03. The molecule has 0 saturated carbocycles. The highest BCUT2D eigenvalue weighted by atomic mass is 15.0. The standard InChI is InChI=1S/C11H16N2/c1-3-4-5-7-12-11-9-10(2)6-8-13-11/h3-4,6,8-9H,5,7H2,1-2H3,(H,12,13). The van der Waals surface area contributed by atoms with Crippen molar-refractivity contribution in [3.8, 4) is 0 Å². The van der Waals surface area contributed by atoms with Crippen LogP contribution in [0.15, 0.2) is 30.5 Å². The van der Waals surface area contributed by atoms with E-state index in [1.54, 1.807) is 0 Å². The second-order valence-corrected chi connectivity index (χ2v) is 3.00. The quantitative estimate of drug-likeness (QED) is 0.563. The Morgan fingerprint density at radius 2 is 2.38 bits per heavy atom. The molecular formula is C11H16N2. The van der Waals surface area contributed by atoms with E-state index in [4.69, 9.17) is 0 Å². The van der Waals surface area contributed by atoms with Gasteiger partial charge in [0.15, 0.2) is 0 Å². The molecule has 0 unspecified atom stereocenters. The average Bonchev–Trinajstić information content (AvgIpc) is 2.13. The molecule has 0 fully saturated rings. The second-order valence-electron chi connectivity index (χ2n) is 3.00. The third-order valence-electron chi connectivity index (χ3n) is 1.77. The number of aryl methyl sites for hydroxylation is 1. The van der Waals surface area contributed by atoms with Crippen molar-refractivity contribution in [3.05, 3.63) is 36.0 Å². The molecule has 0 aliphatic carbocycles. The number of anilines is 1. The molecule has 0 aromatic carbocycles. The maximum Gasteiger partial charge on any atom is 0.126 e. The van der Waals surface area contributed by atoms with Crippen LogP contribution in [0, 0.1) is 6.92 Å². The molecule has 1 aromatic heterocycles. The van der Waals surface area contributed by atoms with Crippen molar-refractivity contribution < 1.29 is 0 Å². The fourth-order valence-corrected chi connectivity index (χ4v) is 1.08. The van der Waals surface area contributed by atoms with E-state index in [9.17, 15) is 0 Å². The Balaban J connectivity index is 2.36. The lowest BCUT2D eigenvalue weighted by Gasteiger charge is -2.03. The molecule has 1 rings (SSSR count). The summed E-state index contributed by atoms with van der Waals surface area (Å²) in [4.78, 5) is 4.20. The van der Waals surface area contributed by atoms with Crippen LogP contribution in [0.2, 0.25) is 0 Å². The van der Waals surface area contributed by atoms with Gasteiger partial charge < -0.3 is 5.32 Å². The number of nitrogens with one attached hydrogen (secondary N) is 1. The van der Waals surface area contributed by atoms with E-state index in [0.717, 1.165) is 18.8 Å². The van der Waals surface area contributed by atoms with Crippen LogP contribution in [0.25, 0.3) is 0 Å². The van der Waals surface area contributed by atoms with Crippen LogP contribution >= 0.6 is 0 Å². The summed E-state index contributed by atoms with van der Waals surface area (Å²) in [5.41, 5.74) is 1.24. The molecule has 13 heavy (non-hydrogen) atoms. The molecule has 70 valence electrons. The molecule has 0 spiro atoms. The van der Waals surface area contributed by atoms with Crippen molar-refractivity contribution >= 4 is 5.82 Å². The van der Waals surface area contributed by atoms with Crippen molar-refractivity contribution in [3.63, 3.8) is 0 Å². The van der Waals surface area contributed by atoms with Gasteiger partial charge in [-0.15, -0.1) is 0 Å². The first-order valence-corrected chi connectivity index (χ1v) is 4.60. The largest absolute Gasteiger partial charge is 0.370 e. The molecule has 0 bridgehead atoms. The van der Waals surface area contributed by atoms with Crippen LogP contribution in [0.1, 0.15) is 18.9 Å². The van der Waals surface area contributed by atoms with Crippen molar-refractivity contribution in [1.82, 2.24) is 4.98 Å². The van der Waals surface area contributed by atoms with Crippen molar-refractivity contribution in [1.29, 1.82) is 0 Å². The Labute approximate surface area is 79.7 Å². The van der Waals surface area contributed by atoms with Gasteiger partial charge in [-0.2, -0.15) is 0 Å². The van der Waals surface area contributed by atoms with Crippen LogP contribution in [0.5, 0.6) is 0 Å². The lowest BCUT2D eigenvalue weighted by atomic mass is 10.3. The molecule has 0 saturated heterocycles. The topological polar surface area (TPSA) is 24.9 Å². The monoisotopic (exact) mass is 176 g/mol. The Hall–Kier alpha value is -1.31. The van der Waals surface area contributed by atoms with Crippen molar-refractivity contribution in [2.75, 3.05) is 11.9 Å². The van der Waals surface area contributed by atoms with E-state index in [1.165, 1.54) is 5.56 Å². The molecule has 2 nitrogen and oxygen atoms in total. The summed E-state index contributed by atoms with van der Waals surface area (Å²) in [5.74, 6) is 0.963. The smallest absolute Gasteiger partial charge is 0.126 e. The zero-order valence-electron chi connectivity index (χ0n) is 8.25. The molecule has 0 aliphatic rings. The predicted octanol–water partition coefficient (Wildman–Crippen LogP) is 2.77. The third kappa shape index (κ3) is 3.74. The summed E-state index contributed by atoms with van der Waals surface area (Å²) in [6, 6.07) is 4.05. The Bertz CT molecular complexity index is 279. The molecule has 0 atom stereocenters. The zero-order valence-corrected chi connectivity index (χ0v) is 8.25. The predicted molar refractivity (Wildman–Crippen MR) is 56.9 cm³/mol. The number of hydrogen-bond donors (Lipinski definition) is 1. The zero-order chi connectivity index (χ0) is 9.52. The van der Waals surface area contributed by atoms with Crippen LogP contribution in [-0.2, 0) is 0 Å². The van der Waals surface area contributed by atoms with Gasteiger partial charge in [0, 0.05) is 12.7 Å². The molecule has 0 amide bonds. The minimum atomic E-state index is 0.945. The number of rotatable bonds is 4. The number of aromatic nitrogens is 1. The van der Waals surface area contributed by atoms with E-state index >= 15 is 0 Å². The summed E-state index contributed by atoms with van der Waals surface area (Å²) in [6.07, 6.45) is 7.08.